The number of hydrogen-bond donors (Lipinski definition) is 2. The van der Waals surface area contributed by atoms with Gasteiger partial charge >= 0.3 is 0 Å². The molecular formula is C11H16N2O2S. The number of nitrogens with one attached hydrogen (secondary N) is 1. The predicted molar refractivity (Wildman–Crippen MR) is 63.2 cm³/mol. The smallest absolute Gasteiger partial charge is 0.110 e. The van der Waals surface area contributed by atoms with E-state index in [1.165, 1.54) is 11.3 Å². The summed E-state index contributed by atoms with van der Waals surface area (Å²) in [6, 6.07) is 6.03. The zero-order chi connectivity index (χ0) is 11.8. The molecule has 16 heavy (non-hydrogen) atoms. The largest absolute Gasteiger partial charge is 0.396 e. The van der Waals surface area contributed by atoms with Crippen LogP contribution in [0.3, 0.4) is 0 Å². The minimum Gasteiger partial charge on any atom is -0.396 e. The molecule has 1 rings (SSSR count). The number of nitrogens with zero attached hydrogens (tertiary/aromatic N) is 1. The van der Waals surface area contributed by atoms with Crippen LogP contribution in [0.25, 0.3) is 0 Å². The van der Waals surface area contributed by atoms with Crippen molar-refractivity contribution < 1.29 is 9.84 Å². The van der Waals surface area contributed by atoms with Gasteiger partial charge in [-0.15, -0.1) is 11.3 Å². The Labute approximate surface area is 99.5 Å². The molecule has 0 saturated carbocycles. The summed E-state index contributed by atoms with van der Waals surface area (Å²) in [6.07, 6.45) is 0.671. The molecule has 88 valence electrons. The van der Waals surface area contributed by atoms with Gasteiger partial charge in [0.25, 0.3) is 0 Å². The fraction of sp³-hybridized carbons (Fsp3) is 0.545. The number of hydrogen-bond acceptors (Lipinski definition) is 5. The lowest BCUT2D eigenvalue weighted by atomic mass is 10.2. The summed E-state index contributed by atoms with van der Waals surface area (Å²) in [7, 11) is 1.64. The zero-order valence-corrected chi connectivity index (χ0v) is 10.1. The Morgan fingerprint density at radius 3 is 3.00 bits per heavy atom. The van der Waals surface area contributed by atoms with Crippen molar-refractivity contribution in [2.75, 3.05) is 20.3 Å². The van der Waals surface area contributed by atoms with Crippen molar-refractivity contribution in [3.05, 3.63) is 21.9 Å². The lowest BCUT2D eigenvalue weighted by Gasteiger charge is -2.15. The Balaban J connectivity index is 2.39. The topological polar surface area (TPSA) is 65.3 Å². The molecule has 5 heteroatoms. The number of rotatable bonds is 7. The van der Waals surface area contributed by atoms with E-state index in [9.17, 15) is 0 Å². The Bertz CT molecular complexity index is 340. The highest BCUT2D eigenvalue weighted by Crippen LogP contribution is 2.15. The average molecular weight is 240 g/mol. The van der Waals surface area contributed by atoms with Crippen LogP contribution in [-0.2, 0) is 11.3 Å². The summed E-state index contributed by atoms with van der Waals surface area (Å²) in [5.74, 6) is 0. The van der Waals surface area contributed by atoms with E-state index in [1.807, 2.05) is 12.1 Å². The van der Waals surface area contributed by atoms with Gasteiger partial charge in [0.2, 0.25) is 0 Å². The summed E-state index contributed by atoms with van der Waals surface area (Å²) in [6.45, 7) is 1.44. The molecule has 0 radical (unpaired) electrons. The summed E-state index contributed by atoms with van der Waals surface area (Å²) in [5, 5.41) is 20.8. The Morgan fingerprint density at radius 1 is 1.62 bits per heavy atom. The highest BCUT2D eigenvalue weighted by Gasteiger charge is 2.07. The number of aliphatic hydroxyl groups excluding tert-OH is 1. The first-order valence-electron chi connectivity index (χ1n) is 5.12. The summed E-state index contributed by atoms with van der Waals surface area (Å²) >= 11 is 1.48. The second kappa shape index (κ2) is 7.36. The minimum absolute atomic E-state index is 0.148. The molecule has 0 spiro atoms. The Hall–Kier alpha value is -0.930. The standard InChI is InChI=1S/C11H16N2O2S/c1-15-8-9(4-5-14)13-7-11-3-2-10(6-12)16-11/h2-3,9,13-14H,4-5,7-8H2,1H3. The SMILES string of the molecule is COCC(CCO)NCc1ccc(C#N)s1. The second-order valence-corrected chi connectivity index (χ2v) is 4.59. The first-order chi connectivity index (χ1) is 7.80. The molecule has 0 bridgehead atoms. The summed E-state index contributed by atoms with van der Waals surface area (Å²) in [4.78, 5) is 1.85. The second-order valence-electron chi connectivity index (χ2n) is 3.42. The van der Waals surface area contributed by atoms with Crippen molar-refractivity contribution >= 4 is 11.3 Å². The maximum atomic E-state index is 8.87. The Morgan fingerprint density at radius 2 is 2.44 bits per heavy atom. The molecule has 0 aliphatic carbocycles. The van der Waals surface area contributed by atoms with E-state index >= 15 is 0 Å². The molecule has 0 aliphatic heterocycles. The molecule has 1 atom stereocenters. The van der Waals surface area contributed by atoms with Crippen LogP contribution in [0.5, 0.6) is 0 Å². The van der Waals surface area contributed by atoms with E-state index in [-0.39, 0.29) is 12.6 Å². The molecule has 2 N–H and O–H groups in total. The summed E-state index contributed by atoms with van der Waals surface area (Å²) in [5.41, 5.74) is 0. The van der Waals surface area contributed by atoms with Crippen molar-refractivity contribution in [2.45, 2.75) is 19.0 Å². The van der Waals surface area contributed by atoms with Gasteiger partial charge in [-0.1, -0.05) is 0 Å². The van der Waals surface area contributed by atoms with Crippen LogP contribution >= 0.6 is 11.3 Å². The third-order valence-electron chi connectivity index (χ3n) is 2.18. The molecular weight excluding hydrogens is 224 g/mol. The Kier molecular flexibility index (Phi) is 6.04. The van der Waals surface area contributed by atoms with Crippen molar-refractivity contribution in [2.24, 2.45) is 0 Å². The van der Waals surface area contributed by atoms with Crippen LogP contribution in [0.2, 0.25) is 0 Å². The number of thiophene rings is 1. The van der Waals surface area contributed by atoms with Crippen molar-refractivity contribution in [1.82, 2.24) is 5.32 Å². The van der Waals surface area contributed by atoms with E-state index in [2.05, 4.69) is 11.4 Å². The first kappa shape index (κ1) is 13.1. The van der Waals surface area contributed by atoms with Crippen molar-refractivity contribution in [3.63, 3.8) is 0 Å². The molecule has 0 fully saturated rings. The van der Waals surface area contributed by atoms with E-state index in [4.69, 9.17) is 15.1 Å². The van der Waals surface area contributed by atoms with Gasteiger partial charge in [0, 0.05) is 31.2 Å². The van der Waals surface area contributed by atoms with Crippen LogP contribution < -0.4 is 5.32 Å². The monoisotopic (exact) mass is 240 g/mol. The first-order valence-corrected chi connectivity index (χ1v) is 5.93. The van der Waals surface area contributed by atoms with Gasteiger partial charge in [-0.2, -0.15) is 5.26 Å². The quantitative estimate of drug-likeness (QED) is 0.749. The van der Waals surface area contributed by atoms with Crippen molar-refractivity contribution in [1.29, 1.82) is 5.26 Å². The molecule has 0 aromatic carbocycles. The maximum Gasteiger partial charge on any atom is 0.110 e. The van der Waals surface area contributed by atoms with Crippen LogP contribution in [0.1, 0.15) is 16.2 Å². The molecule has 1 aromatic heterocycles. The van der Waals surface area contributed by atoms with E-state index in [0.29, 0.717) is 19.6 Å². The van der Waals surface area contributed by atoms with Gasteiger partial charge in [-0.25, -0.2) is 0 Å². The van der Waals surface area contributed by atoms with Gasteiger partial charge in [-0.05, 0) is 18.6 Å². The number of ether oxygens (including phenoxy) is 1. The normalized spacial score (nSPS) is 12.3. The average Bonchev–Trinajstić information content (AvgIpc) is 2.74. The predicted octanol–water partition coefficient (Wildman–Crippen LogP) is 1.11. The molecule has 0 aliphatic rings. The van der Waals surface area contributed by atoms with Gasteiger partial charge in [0.05, 0.1) is 6.61 Å². The molecule has 1 unspecified atom stereocenters. The number of methoxy groups -OCH3 is 1. The molecule has 1 heterocycles. The van der Waals surface area contributed by atoms with Crippen LogP contribution in [0, 0.1) is 11.3 Å². The highest BCUT2D eigenvalue weighted by atomic mass is 32.1. The maximum absolute atomic E-state index is 8.87. The van der Waals surface area contributed by atoms with Gasteiger partial charge < -0.3 is 15.2 Å². The lowest BCUT2D eigenvalue weighted by molar-refractivity contribution is 0.148. The molecule has 0 saturated heterocycles. The van der Waals surface area contributed by atoms with Gasteiger partial charge in [0.1, 0.15) is 10.9 Å². The molecule has 1 aromatic rings. The van der Waals surface area contributed by atoms with Gasteiger partial charge in [-0.3, -0.25) is 0 Å². The van der Waals surface area contributed by atoms with E-state index < -0.39 is 0 Å². The fourth-order valence-electron chi connectivity index (χ4n) is 1.38. The fourth-order valence-corrected chi connectivity index (χ4v) is 2.14. The number of aliphatic hydroxyl groups is 1. The summed E-state index contributed by atoms with van der Waals surface area (Å²) < 4.78 is 5.05. The third kappa shape index (κ3) is 4.29. The molecule has 4 nitrogen and oxygen atoms in total. The van der Waals surface area contributed by atoms with Crippen LogP contribution in [-0.4, -0.2) is 31.5 Å². The van der Waals surface area contributed by atoms with E-state index in [0.717, 1.165) is 9.75 Å². The number of nitriles is 1. The van der Waals surface area contributed by atoms with Crippen LogP contribution in [0.4, 0.5) is 0 Å². The lowest BCUT2D eigenvalue weighted by Crippen LogP contribution is -2.33. The van der Waals surface area contributed by atoms with E-state index in [1.54, 1.807) is 7.11 Å². The third-order valence-corrected chi connectivity index (χ3v) is 3.17. The molecule has 0 amide bonds. The van der Waals surface area contributed by atoms with Crippen LogP contribution in [0.15, 0.2) is 12.1 Å². The van der Waals surface area contributed by atoms with Gasteiger partial charge in [0.15, 0.2) is 0 Å². The highest BCUT2D eigenvalue weighted by molar-refractivity contribution is 7.12. The zero-order valence-electron chi connectivity index (χ0n) is 9.27. The minimum atomic E-state index is 0.148. The van der Waals surface area contributed by atoms with Crippen molar-refractivity contribution in [3.8, 4) is 6.07 Å².